The van der Waals surface area contributed by atoms with Crippen molar-refractivity contribution in [2.24, 2.45) is 23.3 Å². The third-order valence-electron chi connectivity index (χ3n) is 3.59. The summed E-state index contributed by atoms with van der Waals surface area (Å²) < 4.78 is 0. The van der Waals surface area contributed by atoms with Crippen molar-refractivity contribution < 1.29 is 9.59 Å². The second kappa shape index (κ2) is 6.00. The Hall–Kier alpha value is -1.10. The number of amides is 2. The Morgan fingerprint density at radius 2 is 2.00 bits per heavy atom. The lowest BCUT2D eigenvalue weighted by Crippen LogP contribution is -2.46. The number of primary amides is 1. The Bertz CT molecular complexity index is 293. The number of nitrogens with two attached hydrogens (primary N) is 2. The second-order valence-corrected chi connectivity index (χ2v) is 4.98. The van der Waals surface area contributed by atoms with Gasteiger partial charge >= 0.3 is 0 Å². The van der Waals surface area contributed by atoms with Gasteiger partial charge < -0.3 is 16.4 Å². The number of hydrogen-bond donors (Lipinski definition) is 2. The lowest BCUT2D eigenvalue weighted by Gasteiger charge is -2.34. The van der Waals surface area contributed by atoms with Crippen LogP contribution in [0.2, 0.25) is 0 Å². The number of carbonyl (C=O) groups is 2. The number of hydrogen-bond acceptors (Lipinski definition) is 3. The first-order chi connectivity index (χ1) is 7.95. The topological polar surface area (TPSA) is 89.4 Å². The predicted octanol–water partition coefficient (Wildman–Crippen LogP) is 0.0837. The zero-order valence-corrected chi connectivity index (χ0v) is 10.7. The van der Waals surface area contributed by atoms with Gasteiger partial charge in [0.1, 0.15) is 0 Å². The molecule has 4 N–H and O–H groups in total. The molecule has 0 saturated heterocycles. The van der Waals surface area contributed by atoms with Gasteiger partial charge in [0.2, 0.25) is 11.8 Å². The molecule has 0 aliphatic heterocycles. The molecule has 1 aliphatic carbocycles. The zero-order valence-electron chi connectivity index (χ0n) is 10.7. The van der Waals surface area contributed by atoms with E-state index in [-0.39, 0.29) is 24.4 Å². The van der Waals surface area contributed by atoms with Crippen LogP contribution < -0.4 is 11.5 Å². The van der Waals surface area contributed by atoms with Gasteiger partial charge in [-0.05, 0) is 32.1 Å². The van der Waals surface area contributed by atoms with Gasteiger partial charge in [-0.3, -0.25) is 9.59 Å². The SMILES string of the molecule is CCN(CC(N)=O)C(=O)C1CC(N)CCC1C. The standard InChI is InChI=1S/C12H23N3O2/c1-3-15(7-11(14)16)12(17)10-6-9(13)5-4-8(10)2/h8-10H,3-7,13H2,1-2H3,(H2,14,16). The van der Waals surface area contributed by atoms with Gasteiger partial charge in [-0.25, -0.2) is 0 Å². The Balaban J connectivity index is 2.68. The summed E-state index contributed by atoms with van der Waals surface area (Å²) >= 11 is 0. The van der Waals surface area contributed by atoms with Crippen molar-refractivity contribution in [3.05, 3.63) is 0 Å². The van der Waals surface area contributed by atoms with Gasteiger partial charge in [-0.15, -0.1) is 0 Å². The van der Waals surface area contributed by atoms with Crippen LogP contribution in [0, 0.1) is 11.8 Å². The Morgan fingerprint density at radius 1 is 1.35 bits per heavy atom. The highest BCUT2D eigenvalue weighted by atomic mass is 16.2. The highest BCUT2D eigenvalue weighted by molar-refractivity contribution is 5.85. The molecule has 2 amide bonds. The van der Waals surface area contributed by atoms with E-state index in [0.717, 1.165) is 19.3 Å². The zero-order chi connectivity index (χ0) is 13.0. The lowest BCUT2D eigenvalue weighted by atomic mass is 9.77. The van der Waals surface area contributed by atoms with Gasteiger partial charge in [0, 0.05) is 18.5 Å². The van der Waals surface area contributed by atoms with Gasteiger partial charge in [0.15, 0.2) is 0 Å². The lowest BCUT2D eigenvalue weighted by molar-refractivity contribution is -0.141. The Labute approximate surface area is 103 Å². The van der Waals surface area contributed by atoms with E-state index < -0.39 is 5.91 Å². The Kier molecular flexibility index (Phi) is 4.93. The maximum absolute atomic E-state index is 12.3. The van der Waals surface area contributed by atoms with E-state index in [0.29, 0.717) is 12.5 Å². The molecule has 0 spiro atoms. The number of rotatable bonds is 4. The van der Waals surface area contributed by atoms with Crippen molar-refractivity contribution >= 4 is 11.8 Å². The number of carbonyl (C=O) groups excluding carboxylic acids is 2. The van der Waals surface area contributed by atoms with Crippen LogP contribution in [0.5, 0.6) is 0 Å². The van der Waals surface area contributed by atoms with Crippen LogP contribution in [0.4, 0.5) is 0 Å². The molecule has 5 heteroatoms. The molecule has 1 fully saturated rings. The van der Waals surface area contributed by atoms with Gasteiger partial charge in [0.05, 0.1) is 6.54 Å². The molecule has 1 rings (SSSR count). The molecule has 0 heterocycles. The molecule has 0 aromatic carbocycles. The summed E-state index contributed by atoms with van der Waals surface area (Å²) in [7, 11) is 0. The van der Waals surface area contributed by atoms with E-state index in [9.17, 15) is 9.59 Å². The van der Waals surface area contributed by atoms with E-state index >= 15 is 0 Å². The summed E-state index contributed by atoms with van der Waals surface area (Å²) in [5.41, 5.74) is 11.0. The van der Waals surface area contributed by atoms with Gasteiger partial charge in [0.25, 0.3) is 0 Å². The van der Waals surface area contributed by atoms with Crippen LogP contribution in [0.1, 0.15) is 33.1 Å². The maximum Gasteiger partial charge on any atom is 0.237 e. The average Bonchev–Trinajstić information content (AvgIpc) is 2.28. The third-order valence-corrected chi connectivity index (χ3v) is 3.59. The molecular formula is C12H23N3O2. The minimum atomic E-state index is -0.465. The number of likely N-dealkylation sites (N-methyl/N-ethyl adjacent to an activating group) is 1. The average molecular weight is 241 g/mol. The summed E-state index contributed by atoms with van der Waals surface area (Å²) in [6, 6.07) is 0.104. The van der Waals surface area contributed by atoms with Crippen molar-refractivity contribution in [3.8, 4) is 0 Å². The molecule has 5 nitrogen and oxygen atoms in total. The normalized spacial score (nSPS) is 28.8. The molecular weight excluding hydrogens is 218 g/mol. The van der Waals surface area contributed by atoms with Crippen molar-refractivity contribution in [2.45, 2.75) is 39.2 Å². The minimum Gasteiger partial charge on any atom is -0.368 e. The van der Waals surface area contributed by atoms with Crippen LogP contribution in [0.3, 0.4) is 0 Å². The first kappa shape index (κ1) is 14.0. The molecule has 0 bridgehead atoms. The molecule has 0 aromatic heterocycles. The first-order valence-corrected chi connectivity index (χ1v) is 6.28. The highest BCUT2D eigenvalue weighted by Crippen LogP contribution is 2.30. The fourth-order valence-corrected chi connectivity index (χ4v) is 2.47. The molecule has 0 aromatic rings. The summed E-state index contributed by atoms with van der Waals surface area (Å²) in [6.45, 7) is 4.45. The van der Waals surface area contributed by atoms with E-state index in [1.165, 1.54) is 4.90 Å². The summed E-state index contributed by atoms with van der Waals surface area (Å²) in [6.07, 6.45) is 2.67. The van der Waals surface area contributed by atoms with Crippen LogP contribution in [-0.4, -0.2) is 35.8 Å². The van der Waals surface area contributed by atoms with Gasteiger partial charge in [-0.2, -0.15) is 0 Å². The molecule has 3 unspecified atom stereocenters. The molecule has 3 atom stereocenters. The summed E-state index contributed by atoms with van der Waals surface area (Å²) in [4.78, 5) is 24.7. The molecule has 98 valence electrons. The van der Waals surface area contributed by atoms with E-state index in [2.05, 4.69) is 6.92 Å². The van der Waals surface area contributed by atoms with E-state index in [4.69, 9.17) is 11.5 Å². The van der Waals surface area contributed by atoms with Crippen LogP contribution >= 0.6 is 0 Å². The van der Waals surface area contributed by atoms with Crippen molar-refractivity contribution in [3.63, 3.8) is 0 Å². The van der Waals surface area contributed by atoms with Crippen LogP contribution in [-0.2, 0) is 9.59 Å². The van der Waals surface area contributed by atoms with Crippen LogP contribution in [0.15, 0.2) is 0 Å². The maximum atomic E-state index is 12.3. The quantitative estimate of drug-likeness (QED) is 0.730. The van der Waals surface area contributed by atoms with E-state index in [1.54, 1.807) is 0 Å². The molecule has 17 heavy (non-hydrogen) atoms. The highest BCUT2D eigenvalue weighted by Gasteiger charge is 2.33. The van der Waals surface area contributed by atoms with Crippen molar-refractivity contribution in [2.75, 3.05) is 13.1 Å². The minimum absolute atomic E-state index is 0.00773. The first-order valence-electron chi connectivity index (χ1n) is 6.28. The molecule has 1 saturated carbocycles. The third kappa shape index (κ3) is 3.70. The predicted molar refractivity (Wildman–Crippen MR) is 65.9 cm³/mol. The van der Waals surface area contributed by atoms with Crippen molar-refractivity contribution in [1.82, 2.24) is 4.90 Å². The van der Waals surface area contributed by atoms with Gasteiger partial charge in [-0.1, -0.05) is 6.92 Å². The number of nitrogens with zero attached hydrogens (tertiary/aromatic N) is 1. The Morgan fingerprint density at radius 3 is 2.53 bits per heavy atom. The summed E-state index contributed by atoms with van der Waals surface area (Å²) in [5, 5.41) is 0. The molecule has 1 aliphatic rings. The van der Waals surface area contributed by atoms with Crippen LogP contribution in [0.25, 0.3) is 0 Å². The van der Waals surface area contributed by atoms with E-state index in [1.807, 2.05) is 6.92 Å². The fraction of sp³-hybridized carbons (Fsp3) is 0.833. The fourth-order valence-electron chi connectivity index (χ4n) is 2.47. The second-order valence-electron chi connectivity index (χ2n) is 4.98. The largest absolute Gasteiger partial charge is 0.368 e. The molecule has 0 radical (unpaired) electrons. The smallest absolute Gasteiger partial charge is 0.237 e. The monoisotopic (exact) mass is 241 g/mol. The van der Waals surface area contributed by atoms with Crippen molar-refractivity contribution in [1.29, 1.82) is 0 Å². The summed E-state index contributed by atoms with van der Waals surface area (Å²) in [5.74, 6) is -0.163.